The van der Waals surface area contributed by atoms with Gasteiger partial charge < -0.3 is 15.0 Å². The molecular weight excluding hydrogens is 341 g/mol. The maximum Gasteiger partial charge on any atom is 0.414 e. The second-order valence-electron chi connectivity index (χ2n) is 6.14. The van der Waals surface area contributed by atoms with Crippen molar-refractivity contribution >= 4 is 29.2 Å². The number of rotatable bonds is 5. The van der Waals surface area contributed by atoms with Gasteiger partial charge in [-0.15, -0.1) is 0 Å². The zero-order valence-corrected chi connectivity index (χ0v) is 14.4. The lowest BCUT2D eigenvalue weighted by atomic mass is 10.1. The summed E-state index contributed by atoms with van der Waals surface area (Å²) < 4.78 is 19.7. The smallest absolute Gasteiger partial charge is 0.414 e. The number of benzene rings is 1. The quantitative estimate of drug-likeness (QED) is 0.867. The van der Waals surface area contributed by atoms with E-state index in [0.29, 0.717) is 30.8 Å². The molecule has 0 aliphatic carbocycles. The second-order valence-corrected chi connectivity index (χ2v) is 6.14. The summed E-state index contributed by atoms with van der Waals surface area (Å²) >= 11 is 0. The normalized spacial score (nSPS) is 19.7. The van der Waals surface area contributed by atoms with Crippen LogP contribution in [0.5, 0.6) is 0 Å². The van der Waals surface area contributed by atoms with Crippen LogP contribution < -0.4 is 15.1 Å². The SMILES string of the molecule is CCC(=O)NC[C@H]1CN(c2ccc(N3C=CC(=O)CC3)c(F)c2)C(=O)O1. The van der Waals surface area contributed by atoms with Crippen LogP contribution in [0.3, 0.4) is 0 Å². The molecule has 26 heavy (non-hydrogen) atoms. The number of carbonyl (C=O) groups excluding carboxylic acids is 3. The Morgan fingerprint density at radius 2 is 2.19 bits per heavy atom. The number of carbonyl (C=O) groups is 3. The molecule has 8 heteroatoms. The number of allylic oxidation sites excluding steroid dienone is 1. The Morgan fingerprint density at radius 3 is 2.85 bits per heavy atom. The van der Waals surface area contributed by atoms with E-state index in [4.69, 9.17) is 4.74 Å². The lowest BCUT2D eigenvalue weighted by Gasteiger charge is -2.24. The van der Waals surface area contributed by atoms with E-state index in [0.717, 1.165) is 0 Å². The number of ketones is 1. The van der Waals surface area contributed by atoms with Crippen LogP contribution in [-0.4, -0.2) is 43.5 Å². The molecule has 0 spiro atoms. The van der Waals surface area contributed by atoms with E-state index in [9.17, 15) is 18.8 Å². The van der Waals surface area contributed by atoms with E-state index in [1.54, 1.807) is 30.2 Å². The van der Waals surface area contributed by atoms with Crippen molar-refractivity contribution in [2.24, 2.45) is 0 Å². The number of hydrogen-bond acceptors (Lipinski definition) is 5. The molecule has 0 aromatic heterocycles. The number of halogens is 1. The maximum absolute atomic E-state index is 14.5. The van der Waals surface area contributed by atoms with Crippen LogP contribution in [0.2, 0.25) is 0 Å². The minimum absolute atomic E-state index is 0.0132. The van der Waals surface area contributed by atoms with Gasteiger partial charge in [0.25, 0.3) is 0 Å². The molecule has 0 unspecified atom stereocenters. The Hall–Kier alpha value is -2.90. The Balaban J connectivity index is 1.69. The average Bonchev–Trinajstić information content (AvgIpc) is 3.01. The van der Waals surface area contributed by atoms with Crippen molar-refractivity contribution < 1.29 is 23.5 Å². The summed E-state index contributed by atoms with van der Waals surface area (Å²) in [7, 11) is 0. The Labute approximate surface area is 150 Å². The van der Waals surface area contributed by atoms with E-state index in [1.165, 1.54) is 17.0 Å². The van der Waals surface area contributed by atoms with Crippen molar-refractivity contribution in [3.8, 4) is 0 Å². The van der Waals surface area contributed by atoms with Gasteiger partial charge in [-0.05, 0) is 24.3 Å². The summed E-state index contributed by atoms with van der Waals surface area (Å²) in [5.41, 5.74) is 0.731. The highest BCUT2D eigenvalue weighted by atomic mass is 19.1. The molecule has 2 heterocycles. The Bertz CT molecular complexity index is 765. The van der Waals surface area contributed by atoms with Gasteiger partial charge in [0, 0.05) is 25.6 Å². The molecule has 1 saturated heterocycles. The third kappa shape index (κ3) is 3.84. The third-order valence-corrected chi connectivity index (χ3v) is 4.31. The van der Waals surface area contributed by atoms with Gasteiger partial charge in [-0.3, -0.25) is 14.5 Å². The molecule has 2 aliphatic rings. The van der Waals surface area contributed by atoms with Gasteiger partial charge in [-0.2, -0.15) is 0 Å². The number of nitrogens with one attached hydrogen (secondary N) is 1. The molecule has 0 saturated carbocycles. The molecule has 1 aromatic carbocycles. The van der Waals surface area contributed by atoms with Crippen molar-refractivity contribution in [2.75, 3.05) is 29.4 Å². The standard InChI is InChI=1S/C18H20FN3O4/c1-2-17(24)20-10-14-11-22(18(25)26-14)12-3-4-16(15(19)9-12)21-7-5-13(23)6-8-21/h3-5,7,9,14H,2,6,8,10-11H2,1H3,(H,20,24)/t14-/m0/s1. The fraction of sp³-hybridized carbons (Fsp3) is 0.389. The summed E-state index contributed by atoms with van der Waals surface area (Å²) in [5.74, 6) is -0.598. The van der Waals surface area contributed by atoms with Crippen LogP contribution in [0.1, 0.15) is 19.8 Å². The van der Waals surface area contributed by atoms with Crippen LogP contribution in [0.25, 0.3) is 0 Å². The number of nitrogens with zero attached hydrogens (tertiary/aromatic N) is 2. The van der Waals surface area contributed by atoms with Crippen molar-refractivity contribution in [2.45, 2.75) is 25.9 Å². The van der Waals surface area contributed by atoms with E-state index in [1.807, 2.05) is 0 Å². The van der Waals surface area contributed by atoms with Crippen molar-refractivity contribution in [1.82, 2.24) is 5.32 Å². The largest absolute Gasteiger partial charge is 0.442 e. The van der Waals surface area contributed by atoms with Gasteiger partial charge in [0.15, 0.2) is 5.78 Å². The fourth-order valence-electron chi connectivity index (χ4n) is 2.85. The van der Waals surface area contributed by atoms with Crippen molar-refractivity contribution in [1.29, 1.82) is 0 Å². The van der Waals surface area contributed by atoms with Crippen molar-refractivity contribution in [3.05, 3.63) is 36.3 Å². The zero-order valence-electron chi connectivity index (χ0n) is 14.4. The maximum atomic E-state index is 14.5. The summed E-state index contributed by atoms with van der Waals surface area (Å²) in [6.45, 7) is 2.61. The zero-order chi connectivity index (χ0) is 18.7. The van der Waals surface area contributed by atoms with E-state index in [-0.39, 0.29) is 24.8 Å². The third-order valence-electron chi connectivity index (χ3n) is 4.31. The molecule has 7 nitrogen and oxygen atoms in total. The molecule has 1 N–H and O–H groups in total. The van der Waals surface area contributed by atoms with Gasteiger partial charge >= 0.3 is 6.09 Å². The molecule has 2 amide bonds. The second kappa shape index (κ2) is 7.55. The summed E-state index contributed by atoms with van der Waals surface area (Å²) in [4.78, 5) is 37.6. The van der Waals surface area contributed by atoms with Crippen LogP contribution in [0.4, 0.5) is 20.6 Å². The highest BCUT2D eigenvalue weighted by Gasteiger charge is 2.33. The van der Waals surface area contributed by atoms with Gasteiger partial charge in [0.05, 0.1) is 24.5 Å². The van der Waals surface area contributed by atoms with Gasteiger partial charge in [0.2, 0.25) is 5.91 Å². The first kappa shape index (κ1) is 17.9. The Kier molecular flexibility index (Phi) is 5.20. The van der Waals surface area contributed by atoms with Gasteiger partial charge in [-0.25, -0.2) is 9.18 Å². The Morgan fingerprint density at radius 1 is 1.38 bits per heavy atom. The minimum Gasteiger partial charge on any atom is -0.442 e. The monoisotopic (exact) mass is 361 g/mol. The van der Waals surface area contributed by atoms with E-state index in [2.05, 4.69) is 5.32 Å². The average molecular weight is 361 g/mol. The molecule has 0 radical (unpaired) electrons. The molecule has 1 fully saturated rings. The number of ether oxygens (including phenoxy) is 1. The highest BCUT2D eigenvalue weighted by Crippen LogP contribution is 2.28. The number of amides is 2. The number of anilines is 2. The van der Waals surface area contributed by atoms with E-state index >= 15 is 0 Å². The molecule has 1 atom stereocenters. The molecular formula is C18H20FN3O4. The van der Waals surface area contributed by atoms with Crippen LogP contribution in [-0.2, 0) is 14.3 Å². The van der Waals surface area contributed by atoms with Crippen LogP contribution >= 0.6 is 0 Å². The van der Waals surface area contributed by atoms with Crippen LogP contribution in [0.15, 0.2) is 30.5 Å². The van der Waals surface area contributed by atoms with Gasteiger partial charge in [-0.1, -0.05) is 6.92 Å². The van der Waals surface area contributed by atoms with Crippen molar-refractivity contribution in [3.63, 3.8) is 0 Å². The molecule has 1 aromatic rings. The van der Waals surface area contributed by atoms with Crippen LogP contribution in [0, 0.1) is 5.82 Å². The van der Waals surface area contributed by atoms with E-state index < -0.39 is 18.0 Å². The molecule has 138 valence electrons. The first-order valence-corrected chi connectivity index (χ1v) is 8.50. The minimum atomic E-state index is -0.573. The highest BCUT2D eigenvalue weighted by molar-refractivity contribution is 5.92. The predicted molar refractivity (Wildman–Crippen MR) is 93.4 cm³/mol. The topological polar surface area (TPSA) is 79.0 Å². The lowest BCUT2D eigenvalue weighted by molar-refractivity contribution is -0.121. The first-order chi connectivity index (χ1) is 12.5. The lowest BCUT2D eigenvalue weighted by Crippen LogP contribution is -2.34. The molecule has 2 aliphatic heterocycles. The summed E-state index contributed by atoms with van der Waals surface area (Å²) in [6, 6.07) is 4.48. The summed E-state index contributed by atoms with van der Waals surface area (Å²) in [5, 5.41) is 2.68. The fourth-order valence-corrected chi connectivity index (χ4v) is 2.85. The summed E-state index contributed by atoms with van der Waals surface area (Å²) in [6.07, 6.45) is 2.62. The molecule has 0 bridgehead atoms. The predicted octanol–water partition coefficient (Wildman–Crippen LogP) is 1.97. The number of cyclic esters (lactones) is 1. The molecule has 3 rings (SSSR count). The van der Waals surface area contributed by atoms with Gasteiger partial charge in [0.1, 0.15) is 11.9 Å². The number of hydrogen-bond donors (Lipinski definition) is 1. The first-order valence-electron chi connectivity index (χ1n) is 8.50.